The van der Waals surface area contributed by atoms with Crippen LogP contribution in [0.2, 0.25) is 0 Å². The van der Waals surface area contributed by atoms with Crippen molar-refractivity contribution < 1.29 is 0 Å². The molecule has 8 N–H and O–H groups in total. The molecular weight excluding hydrogens is 512 g/mol. The van der Waals surface area contributed by atoms with Gasteiger partial charge in [-0.1, -0.05) is 84.9 Å². The molecule has 4 nitrogen and oxygen atoms in total. The van der Waals surface area contributed by atoms with Gasteiger partial charge in [0.1, 0.15) is 0 Å². The highest BCUT2D eigenvalue weighted by Gasteiger charge is 2.45. The summed E-state index contributed by atoms with van der Waals surface area (Å²) >= 11 is 0. The molecule has 4 heteroatoms. The minimum Gasteiger partial charge on any atom is -0.399 e. The van der Waals surface area contributed by atoms with Crippen molar-refractivity contribution in [3.8, 4) is 22.3 Å². The molecule has 2 aliphatic rings. The van der Waals surface area contributed by atoms with E-state index >= 15 is 0 Å². The second-order valence-electron chi connectivity index (χ2n) is 11.1. The zero-order valence-corrected chi connectivity index (χ0v) is 23.2. The maximum atomic E-state index is 6.00. The lowest BCUT2D eigenvalue weighted by atomic mass is 9.67. The van der Waals surface area contributed by atoms with Gasteiger partial charge in [0.05, 0.1) is 5.41 Å². The van der Waals surface area contributed by atoms with Gasteiger partial charge in [-0.25, -0.2) is 0 Å². The molecule has 0 bridgehead atoms. The monoisotopic (exact) mass is 544 g/mol. The van der Waals surface area contributed by atoms with E-state index in [-0.39, 0.29) is 5.41 Å². The van der Waals surface area contributed by atoms with Gasteiger partial charge in [-0.3, -0.25) is 0 Å². The molecule has 204 valence electrons. The summed E-state index contributed by atoms with van der Waals surface area (Å²) in [7, 11) is 0. The summed E-state index contributed by atoms with van der Waals surface area (Å²) in [5.41, 5.74) is 39.1. The zero-order chi connectivity index (χ0) is 28.8. The molecule has 0 aliphatic heterocycles. The van der Waals surface area contributed by atoms with Crippen molar-refractivity contribution in [3.05, 3.63) is 167 Å². The zero-order valence-electron chi connectivity index (χ0n) is 23.2. The number of anilines is 4. The first-order valence-electron chi connectivity index (χ1n) is 14.1. The van der Waals surface area contributed by atoms with Crippen LogP contribution in [0.3, 0.4) is 0 Å². The van der Waals surface area contributed by atoms with Gasteiger partial charge < -0.3 is 22.9 Å². The second kappa shape index (κ2) is 9.86. The molecule has 0 saturated heterocycles. The third-order valence-electron chi connectivity index (χ3n) is 8.57. The molecule has 8 rings (SSSR count). The summed E-state index contributed by atoms with van der Waals surface area (Å²) in [6, 6.07) is 46.0. The van der Waals surface area contributed by atoms with Crippen LogP contribution >= 0.6 is 0 Å². The molecule has 0 heterocycles. The highest BCUT2D eigenvalue weighted by Crippen LogP contribution is 2.56. The average molecular weight is 545 g/mol. The number of nitrogen functional groups attached to an aromatic ring is 4. The van der Waals surface area contributed by atoms with Crippen molar-refractivity contribution in [2.45, 2.75) is 11.8 Å². The number of benzene rings is 6. The lowest BCUT2D eigenvalue weighted by molar-refractivity contribution is 0.769. The van der Waals surface area contributed by atoms with Crippen LogP contribution in [0.5, 0.6) is 0 Å². The minimum absolute atomic E-state index is 0.380. The van der Waals surface area contributed by atoms with Crippen molar-refractivity contribution in [1.82, 2.24) is 0 Å². The van der Waals surface area contributed by atoms with Crippen LogP contribution in [-0.4, -0.2) is 0 Å². The Morgan fingerprint density at radius 3 is 1.19 bits per heavy atom. The molecule has 0 unspecified atom stereocenters. The highest BCUT2D eigenvalue weighted by molar-refractivity contribution is 5.86. The Hall–Kier alpha value is -5.48. The van der Waals surface area contributed by atoms with Crippen molar-refractivity contribution in [1.29, 1.82) is 0 Å². The fraction of sp³-hybridized carbons (Fsp3) is 0.0526. The lowest BCUT2D eigenvalue weighted by Gasteiger charge is -2.34. The Labute approximate surface area is 246 Å². The molecule has 42 heavy (non-hydrogen) atoms. The van der Waals surface area contributed by atoms with Crippen LogP contribution in [0, 0.1) is 0 Å². The third kappa shape index (κ3) is 4.00. The smallest absolute Gasteiger partial charge is 0.0713 e. The molecule has 6 aromatic rings. The van der Waals surface area contributed by atoms with Gasteiger partial charge in [-0.05, 0) is 111 Å². The van der Waals surface area contributed by atoms with Crippen LogP contribution in [0.4, 0.5) is 22.7 Å². The first kappa shape index (κ1) is 25.5. The summed E-state index contributed by atoms with van der Waals surface area (Å²) < 4.78 is 0. The Morgan fingerprint density at radius 1 is 0.381 bits per heavy atom. The molecule has 6 aromatic carbocycles. The fourth-order valence-corrected chi connectivity index (χ4v) is 6.74. The summed E-state index contributed by atoms with van der Waals surface area (Å²) in [4.78, 5) is 0. The average Bonchev–Trinajstić information content (AvgIpc) is 3.51. The number of hydrogen-bond donors (Lipinski definition) is 4. The molecule has 0 atom stereocenters. The Morgan fingerprint density at radius 2 is 0.762 bits per heavy atom. The van der Waals surface area contributed by atoms with Gasteiger partial charge in [-0.2, -0.15) is 0 Å². The van der Waals surface area contributed by atoms with Gasteiger partial charge >= 0.3 is 0 Å². The molecule has 0 spiro atoms. The first-order valence-corrected chi connectivity index (χ1v) is 14.1. The van der Waals surface area contributed by atoms with Crippen LogP contribution in [0.1, 0.15) is 33.4 Å². The maximum absolute atomic E-state index is 6.00. The summed E-state index contributed by atoms with van der Waals surface area (Å²) in [5, 5.41) is 0. The van der Waals surface area contributed by atoms with Gasteiger partial charge in [-0.15, -0.1) is 0 Å². The molecule has 0 fully saturated rings. The van der Waals surface area contributed by atoms with Crippen molar-refractivity contribution in [2.24, 2.45) is 0 Å². The number of nitrogens with two attached hydrogens (primary N) is 4. The van der Waals surface area contributed by atoms with Gasteiger partial charge in [0.2, 0.25) is 0 Å². The van der Waals surface area contributed by atoms with E-state index in [1.165, 1.54) is 55.6 Å². The topological polar surface area (TPSA) is 104 Å². The summed E-state index contributed by atoms with van der Waals surface area (Å²) in [6.45, 7) is 0. The predicted octanol–water partition coefficient (Wildman–Crippen LogP) is 7.64. The number of rotatable bonds is 2. The second-order valence-corrected chi connectivity index (χ2v) is 11.1. The van der Waals surface area contributed by atoms with E-state index in [1.807, 2.05) is 48.5 Å². The van der Waals surface area contributed by atoms with Gasteiger partial charge in [0.15, 0.2) is 0 Å². The molecule has 2 aliphatic carbocycles. The number of hydrogen-bond acceptors (Lipinski definition) is 4. The fourth-order valence-electron chi connectivity index (χ4n) is 6.74. The molecule has 0 radical (unpaired) electrons. The quantitative estimate of drug-likeness (QED) is 0.168. The van der Waals surface area contributed by atoms with Crippen molar-refractivity contribution >= 4 is 22.7 Å². The largest absolute Gasteiger partial charge is 0.399 e. The third-order valence-corrected chi connectivity index (χ3v) is 8.57. The number of fused-ring (bicyclic) bond motifs is 6. The van der Waals surface area contributed by atoms with E-state index < -0.39 is 0 Å². The Kier molecular flexibility index (Phi) is 5.98. The molecule has 0 aromatic heterocycles. The van der Waals surface area contributed by atoms with E-state index in [4.69, 9.17) is 22.9 Å². The van der Waals surface area contributed by atoms with E-state index in [0.29, 0.717) is 0 Å². The van der Waals surface area contributed by atoms with Crippen molar-refractivity contribution in [2.75, 3.05) is 22.9 Å². The highest BCUT2D eigenvalue weighted by atomic mass is 14.6. The minimum atomic E-state index is -0.380. The normalized spacial score (nSPS) is 13.2. The van der Waals surface area contributed by atoms with E-state index in [1.54, 1.807) is 0 Å². The van der Waals surface area contributed by atoms with Crippen LogP contribution < -0.4 is 22.9 Å². The van der Waals surface area contributed by atoms with Gasteiger partial charge in [0.25, 0.3) is 0 Å². The first-order chi connectivity index (χ1) is 20.4. The molecular formula is C38H32N4. The van der Waals surface area contributed by atoms with Gasteiger partial charge in [0, 0.05) is 22.7 Å². The molecule has 0 saturated carbocycles. The van der Waals surface area contributed by atoms with Crippen LogP contribution in [0.15, 0.2) is 133 Å². The standard InChI is InChI=1S/C25H20N2.C13H12N2/c26-19-13-9-17(10-14-19)25(18-11-15-20(27)16-12-18)23-7-3-1-5-21(23)22-6-2-4-8-24(22)25;14-10-1-3-12-8(6-10)5-9-7-11(15)2-4-13(9)12/h1-16H,26-27H2;1-4,6-7H,5,14-15H2. The predicted molar refractivity (Wildman–Crippen MR) is 176 cm³/mol. The maximum Gasteiger partial charge on any atom is 0.0713 e. The summed E-state index contributed by atoms with van der Waals surface area (Å²) in [5.74, 6) is 0. The van der Waals surface area contributed by atoms with E-state index in [0.717, 1.165) is 29.2 Å². The van der Waals surface area contributed by atoms with Crippen LogP contribution in [0.25, 0.3) is 22.3 Å². The summed E-state index contributed by atoms with van der Waals surface area (Å²) in [6.07, 6.45) is 0.945. The van der Waals surface area contributed by atoms with Crippen LogP contribution in [-0.2, 0) is 11.8 Å². The van der Waals surface area contributed by atoms with E-state index in [9.17, 15) is 0 Å². The lowest BCUT2D eigenvalue weighted by Crippen LogP contribution is -2.28. The Balaban J connectivity index is 0.000000162. The van der Waals surface area contributed by atoms with E-state index in [2.05, 4.69) is 84.9 Å². The molecule has 0 amide bonds. The van der Waals surface area contributed by atoms with Crippen molar-refractivity contribution in [3.63, 3.8) is 0 Å². The SMILES string of the molecule is Nc1ccc(C2(c3ccc(N)cc3)c3ccccc3-c3ccccc32)cc1.Nc1ccc2c(c1)Cc1cc(N)ccc1-2. The Bertz CT molecular complexity index is 1800.